The number of rotatable bonds is 5. The van der Waals surface area contributed by atoms with Crippen molar-refractivity contribution in [1.29, 1.82) is 0 Å². The molecule has 0 aliphatic rings. The molecule has 3 rings (SSSR count). The fourth-order valence-electron chi connectivity index (χ4n) is 2.25. The lowest BCUT2D eigenvalue weighted by atomic mass is 10.0. The molecule has 3 aromatic rings. The van der Waals surface area contributed by atoms with Crippen LogP contribution in [0.5, 0.6) is 0 Å². The summed E-state index contributed by atoms with van der Waals surface area (Å²) in [4.78, 5) is 10.4. The van der Waals surface area contributed by atoms with Gasteiger partial charge in [-0.3, -0.25) is 10.1 Å². The number of non-ortho nitro benzene ring substituents is 1. The topological polar surface area (TPSA) is 86.7 Å². The molecule has 1 heterocycles. The van der Waals surface area contributed by atoms with Gasteiger partial charge >= 0.3 is 0 Å². The molecule has 0 aliphatic heterocycles. The quantitative estimate of drug-likeness (QED) is 0.400. The first-order valence-corrected chi connectivity index (χ1v) is 8.07. The first-order chi connectivity index (χ1) is 11.5. The summed E-state index contributed by atoms with van der Waals surface area (Å²) in [5, 5.41) is 23.4. The van der Waals surface area contributed by atoms with Crippen LogP contribution in [0, 0.1) is 10.1 Å². The smallest absolute Gasteiger partial charge is 0.258 e. The molecule has 0 fully saturated rings. The highest BCUT2D eigenvalue weighted by Crippen LogP contribution is 2.40. The van der Waals surface area contributed by atoms with Crippen molar-refractivity contribution in [3.63, 3.8) is 0 Å². The Balaban J connectivity index is 1.88. The van der Waals surface area contributed by atoms with Crippen LogP contribution in [0.1, 0.15) is 19.4 Å². The van der Waals surface area contributed by atoms with Gasteiger partial charge in [-0.1, -0.05) is 42.1 Å². The third-order valence-corrected chi connectivity index (χ3v) is 4.74. The van der Waals surface area contributed by atoms with Gasteiger partial charge < -0.3 is 0 Å². The molecule has 8 heteroatoms. The van der Waals surface area contributed by atoms with Crippen LogP contribution in [0.25, 0.3) is 5.69 Å². The molecule has 1 aromatic heterocycles. The predicted molar refractivity (Wildman–Crippen MR) is 91.1 cm³/mol. The van der Waals surface area contributed by atoms with E-state index in [9.17, 15) is 10.1 Å². The maximum atomic E-state index is 10.8. The number of hydrogen-bond donors (Lipinski definition) is 0. The van der Waals surface area contributed by atoms with E-state index >= 15 is 0 Å². The first-order valence-electron chi connectivity index (χ1n) is 7.25. The highest BCUT2D eigenvalue weighted by Gasteiger charge is 2.26. The molecule has 0 N–H and O–H groups in total. The number of benzene rings is 2. The summed E-state index contributed by atoms with van der Waals surface area (Å²) < 4.78 is 1.33. The van der Waals surface area contributed by atoms with Gasteiger partial charge in [0.1, 0.15) is 0 Å². The van der Waals surface area contributed by atoms with Crippen molar-refractivity contribution in [3.8, 4) is 5.69 Å². The van der Waals surface area contributed by atoms with Gasteiger partial charge in [-0.05, 0) is 42.0 Å². The van der Waals surface area contributed by atoms with Crippen LogP contribution in [-0.2, 0) is 4.75 Å². The summed E-state index contributed by atoms with van der Waals surface area (Å²) in [6, 6.07) is 16.2. The Bertz CT molecular complexity index is 846. The SMILES string of the molecule is CC(C)(Sc1nnnn1-c1ccccc1)c1ccc([N+](=O)[O-])cc1. The van der Waals surface area contributed by atoms with E-state index in [2.05, 4.69) is 15.5 Å². The fraction of sp³-hybridized carbons (Fsp3) is 0.188. The van der Waals surface area contributed by atoms with Crippen LogP contribution >= 0.6 is 11.8 Å². The first kappa shape index (κ1) is 16.1. The van der Waals surface area contributed by atoms with Crippen molar-refractivity contribution in [2.45, 2.75) is 23.8 Å². The third kappa shape index (κ3) is 3.28. The molecule has 0 unspecified atom stereocenters. The van der Waals surface area contributed by atoms with Gasteiger partial charge in [0.05, 0.1) is 10.6 Å². The van der Waals surface area contributed by atoms with E-state index in [4.69, 9.17) is 0 Å². The van der Waals surface area contributed by atoms with Crippen molar-refractivity contribution < 1.29 is 4.92 Å². The molecule has 7 nitrogen and oxygen atoms in total. The van der Waals surface area contributed by atoms with Gasteiger partial charge in [-0.15, -0.1) is 5.10 Å². The minimum Gasteiger partial charge on any atom is -0.258 e. The monoisotopic (exact) mass is 341 g/mol. The van der Waals surface area contributed by atoms with Crippen molar-refractivity contribution in [2.24, 2.45) is 0 Å². The van der Waals surface area contributed by atoms with Crippen LogP contribution in [0.3, 0.4) is 0 Å². The Morgan fingerprint density at radius 1 is 1.08 bits per heavy atom. The average molecular weight is 341 g/mol. The van der Waals surface area contributed by atoms with Gasteiger partial charge in [-0.25, -0.2) is 0 Å². The second-order valence-corrected chi connectivity index (χ2v) is 7.22. The summed E-state index contributed by atoms with van der Waals surface area (Å²) in [5.41, 5.74) is 1.92. The largest absolute Gasteiger partial charge is 0.269 e. The summed E-state index contributed by atoms with van der Waals surface area (Å²) in [5.74, 6) is 0. The number of hydrogen-bond acceptors (Lipinski definition) is 6. The fourth-order valence-corrected chi connectivity index (χ4v) is 3.26. The summed E-state index contributed by atoms with van der Waals surface area (Å²) in [6.45, 7) is 4.06. The zero-order valence-electron chi connectivity index (χ0n) is 13.2. The molecule has 0 saturated carbocycles. The Hall–Kier alpha value is -2.74. The predicted octanol–water partition coefficient (Wildman–Crippen LogP) is 3.60. The minimum atomic E-state index is -0.403. The lowest BCUT2D eigenvalue weighted by Gasteiger charge is -2.23. The molecule has 122 valence electrons. The molecule has 0 bridgehead atoms. The molecular formula is C16H15N5O2S. The molecular weight excluding hydrogens is 326 g/mol. The van der Waals surface area contributed by atoms with E-state index < -0.39 is 4.92 Å². The van der Waals surface area contributed by atoms with Crippen LogP contribution in [0.15, 0.2) is 59.8 Å². The number of thioether (sulfide) groups is 1. The lowest BCUT2D eigenvalue weighted by Crippen LogP contribution is -2.13. The van der Waals surface area contributed by atoms with E-state index in [0.29, 0.717) is 5.16 Å². The standard InChI is InChI=1S/C16H15N5O2S/c1-16(2,12-8-10-14(11-9-12)21(22)23)24-15-17-18-19-20(15)13-6-4-3-5-7-13/h3-11H,1-2H3. The van der Waals surface area contributed by atoms with Crippen molar-refractivity contribution in [2.75, 3.05) is 0 Å². The van der Waals surface area contributed by atoms with Crippen LogP contribution < -0.4 is 0 Å². The van der Waals surface area contributed by atoms with E-state index in [0.717, 1.165) is 11.3 Å². The average Bonchev–Trinajstić information content (AvgIpc) is 3.03. The van der Waals surface area contributed by atoms with Crippen molar-refractivity contribution >= 4 is 17.4 Å². The van der Waals surface area contributed by atoms with E-state index in [1.165, 1.54) is 23.9 Å². The molecule has 0 atom stereocenters. The number of aromatic nitrogens is 4. The van der Waals surface area contributed by atoms with Gasteiger partial charge in [0, 0.05) is 16.9 Å². The molecule has 24 heavy (non-hydrogen) atoms. The maximum absolute atomic E-state index is 10.8. The van der Waals surface area contributed by atoms with Crippen LogP contribution in [0.4, 0.5) is 5.69 Å². The number of tetrazole rings is 1. The Morgan fingerprint density at radius 2 is 1.75 bits per heavy atom. The zero-order valence-corrected chi connectivity index (χ0v) is 14.0. The van der Waals surface area contributed by atoms with Gasteiger partial charge in [0.25, 0.3) is 5.69 Å². The lowest BCUT2D eigenvalue weighted by molar-refractivity contribution is -0.384. The summed E-state index contributed by atoms with van der Waals surface area (Å²) >= 11 is 1.50. The van der Waals surface area contributed by atoms with Crippen LogP contribution in [0.2, 0.25) is 0 Å². The van der Waals surface area contributed by atoms with E-state index in [1.807, 2.05) is 44.2 Å². The van der Waals surface area contributed by atoms with Crippen LogP contribution in [-0.4, -0.2) is 25.1 Å². The number of nitrogens with zero attached hydrogens (tertiary/aromatic N) is 5. The third-order valence-electron chi connectivity index (χ3n) is 3.56. The highest BCUT2D eigenvalue weighted by molar-refractivity contribution is 8.00. The molecule has 0 spiro atoms. The van der Waals surface area contributed by atoms with E-state index in [-0.39, 0.29) is 10.4 Å². The summed E-state index contributed by atoms with van der Waals surface area (Å²) in [7, 11) is 0. The van der Waals surface area contributed by atoms with Crippen molar-refractivity contribution in [3.05, 3.63) is 70.3 Å². The summed E-state index contributed by atoms with van der Waals surface area (Å²) in [6.07, 6.45) is 0. The molecule has 0 amide bonds. The normalized spacial score (nSPS) is 11.4. The van der Waals surface area contributed by atoms with Gasteiger partial charge in [-0.2, -0.15) is 4.68 Å². The number of para-hydroxylation sites is 1. The minimum absolute atomic E-state index is 0.0775. The molecule has 2 aromatic carbocycles. The van der Waals surface area contributed by atoms with Crippen molar-refractivity contribution in [1.82, 2.24) is 20.2 Å². The second-order valence-electron chi connectivity index (χ2n) is 5.63. The maximum Gasteiger partial charge on any atom is 0.269 e. The van der Waals surface area contributed by atoms with Gasteiger partial charge in [0.15, 0.2) is 0 Å². The molecule has 0 aliphatic carbocycles. The Kier molecular flexibility index (Phi) is 4.30. The second kappa shape index (κ2) is 6.40. The highest BCUT2D eigenvalue weighted by atomic mass is 32.2. The van der Waals surface area contributed by atoms with E-state index in [1.54, 1.807) is 16.8 Å². The van der Waals surface area contributed by atoms with Gasteiger partial charge in [0.2, 0.25) is 5.16 Å². The number of nitro groups is 1. The Morgan fingerprint density at radius 3 is 2.38 bits per heavy atom. The number of nitro benzene ring substituents is 1. The molecule has 0 radical (unpaired) electrons. The zero-order chi connectivity index (χ0) is 17.2. The molecule has 0 saturated heterocycles. The Labute approximate surface area is 142 Å².